The second-order valence-electron chi connectivity index (χ2n) is 4.96. The van der Waals surface area contributed by atoms with E-state index >= 15 is 0 Å². The minimum atomic E-state index is -0.853. The van der Waals surface area contributed by atoms with Crippen molar-refractivity contribution in [2.45, 2.75) is 6.42 Å². The Hall–Kier alpha value is -3.22. The number of hydrogen-bond acceptors (Lipinski definition) is 7. The summed E-state index contributed by atoms with van der Waals surface area (Å²) in [6, 6.07) is 2.11. The average Bonchev–Trinajstić information content (AvgIpc) is 2.50. The lowest BCUT2D eigenvalue weighted by Gasteiger charge is -2.13. The van der Waals surface area contributed by atoms with Crippen LogP contribution in [0, 0.1) is 0 Å². The number of hydrogen-bond donors (Lipinski definition) is 3. The highest BCUT2D eigenvalue weighted by molar-refractivity contribution is 6.08. The third kappa shape index (κ3) is 2.32. The second-order valence-corrected chi connectivity index (χ2v) is 4.96. The topological polar surface area (TPSA) is 117 Å². The summed E-state index contributed by atoms with van der Waals surface area (Å²) in [5, 5.41) is 29.1. The summed E-state index contributed by atoms with van der Waals surface area (Å²) in [6.07, 6.45) is 2.91. The number of phenols is 2. The number of ketones is 1. The molecule has 0 saturated heterocycles. The molecule has 1 aliphatic carbocycles. The summed E-state index contributed by atoms with van der Waals surface area (Å²) in [7, 11) is 1.36. The van der Waals surface area contributed by atoms with E-state index < -0.39 is 22.7 Å². The van der Waals surface area contributed by atoms with Crippen LogP contribution in [-0.2, 0) is 9.53 Å². The Balaban J connectivity index is 2.23. The first kappa shape index (κ1) is 14.7. The lowest BCUT2D eigenvalue weighted by molar-refractivity contribution is -0.114. The van der Waals surface area contributed by atoms with Gasteiger partial charge in [-0.05, 0) is 18.6 Å². The number of allylic oxidation sites excluding steroid dienone is 3. The zero-order valence-electron chi connectivity index (χ0n) is 12.0. The van der Waals surface area contributed by atoms with Gasteiger partial charge in [0.25, 0.3) is 0 Å². The molecule has 0 bridgehead atoms. The highest BCUT2D eigenvalue weighted by Gasteiger charge is 2.23. The van der Waals surface area contributed by atoms with Crippen LogP contribution in [0.2, 0.25) is 0 Å². The molecule has 0 unspecified atom stereocenters. The van der Waals surface area contributed by atoms with Gasteiger partial charge in [0.2, 0.25) is 17.0 Å². The van der Waals surface area contributed by atoms with E-state index in [4.69, 9.17) is 9.15 Å². The van der Waals surface area contributed by atoms with Crippen LogP contribution >= 0.6 is 0 Å². The monoisotopic (exact) mass is 316 g/mol. The van der Waals surface area contributed by atoms with Crippen molar-refractivity contribution < 1.29 is 29.3 Å². The third-order valence-corrected chi connectivity index (χ3v) is 3.50. The van der Waals surface area contributed by atoms with Crippen LogP contribution in [-0.4, -0.2) is 28.2 Å². The predicted octanol–water partition coefficient (Wildman–Crippen LogP) is 1.80. The molecule has 0 spiro atoms. The van der Waals surface area contributed by atoms with Crippen LogP contribution < -0.4 is 5.43 Å². The lowest BCUT2D eigenvalue weighted by Crippen LogP contribution is -2.09. The molecule has 3 rings (SSSR count). The molecule has 1 aromatic heterocycles. The molecule has 0 radical (unpaired) electrons. The Morgan fingerprint density at radius 3 is 2.57 bits per heavy atom. The Bertz CT molecular complexity index is 947. The van der Waals surface area contributed by atoms with E-state index in [2.05, 4.69) is 0 Å². The molecule has 0 amide bonds. The molecule has 3 N–H and O–H groups in total. The van der Waals surface area contributed by atoms with E-state index in [1.165, 1.54) is 19.3 Å². The largest absolute Gasteiger partial charge is 0.508 e. The third-order valence-electron chi connectivity index (χ3n) is 3.50. The Morgan fingerprint density at radius 2 is 1.91 bits per heavy atom. The van der Waals surface area contributed by atoms with E-state index in [9.17, 15) is 24.9 Å². The smallest absolute Gasteiger partial charge is 0.238 e. The van der Waals surface area contributed by atoms with Gasteiger partial charge in [0, 0.05) is 17.7 Å². The van der Waals surface area contributed by atoms with Crippen molar-refractivity contribution in [2.24, 2.45) is 0 Å². The SMILES string of the molecule is COC1=CCC(c2oc3cc(O)cc(O)c3c(=O)c2O)=CC1=O. The summed E-state index contributed by atoms with van der Waals surface area (Å²) in [4.78, 5) is 24.0. The molecule has 23 heavy (non-hydrogen) atoms. The van der Waals surface area contributed by atoms with Crippen LogP contribution in [0.1, 0.15) is 12.2 Å². The van der Waals surface area contributed by atoms with Crippen molar-refractivity contribution in [1.29, 1.82) is 0 Å². The van der Waals surface area contributed by atoms with Gasteiger partial charge in [-0.2, -0.15) is 0 Å². The van der Waals surface area contributed by atoms with Crippen LogP contribution in [0.4, 0.5) is 0 Å². The van der Waals surface area contributed by atoms with E-state index in [-0.39, 0.29) is 40.2 Å². The van der Waals surface area contributed by atoms with Gasteiger partial charge >= 0.3 is 0 Å². The summed E-state index contributed by atoms with van der Waals surface area (Å²) in [5.74, 6) is -1.98. The fraction of sp³-hybridized carbons (Fsp3) is 0.125. The minimum Gasteiger partial charge on any atom is -0.508 e. The number of rotatable bonds is 2. The van der Waals surface area contributed by atoms with Gasteiger partial charge in [0.05, 0.1) is 7.11 Å². The van der Waals surface area contributed by atoms with Crippen molar-refractivity contribution in [3.8, 4) is 17.2 Å². The zero-order chi connectivity index (χ0) is 16.7. The summed E-state index contributed by atoms with van der Waals surface area (Å²) in [5.41, 5.74) is -0.668. The van der Waals surface area contributed by atoms with Crippen LogP contribution in [0.15, 0.2) is 39.3 Å². The first-order valence-electron chi connectivity index (χ1n) is 6.63. The van der Waals surface area contributed by atoms with E-state index in [1.807, 2.05) is 0 Å². The first-order chi connectivity index (χ1) is 10.9. The van der Waals surface area contributed by atoms with Gasteiger partial charge in [0.15, 0.2) is 11.5 Å². The normalized spacial score (nSPS) is 14.6. The number of phenolic OH excluding ortho intramolecular Hbond substituents is 2. The lowest BCUT2D eigenvalue weighted by atomic mass is 10.00. The quantitative estimate of drug-likeness (QED) is 0.773. The van der Waals surface area contributed by atoms with Gasteiger partial charge in [0.1, 0.15) is 22.5 Å². The minimum absolute atomic E-state index is 0.102. The molecule has 118 valence electrons. The molecular formula is C16H12O7. The standard InChI is InChI=1S/C16H12O7/c1-22-11-3-2-7(4-9(11)18)16-15(21)14(20)13-10(19)5-8(17)6-12(13)23-16/h3-6,17,19,21H,2H2,1H3. The molecule has 7 heteroatoms. The molecule has 1 heterocycles. The molecule has 0 fully saturated rings. The molecule has 0 aliphatic heterocycles. The molecule has 7 nitrogen and oxygen atoms in total. The van der Waals surface area contributed by atoms with Gasteiger partial charge in [-0.15, -0.1) is 0 Å². The Kier molecular flexibility index (Phi) is 3.33. The highest BCUT2D eigenvalue weighted by Crippen LogP contribution is 2.35. The average molecular weight is 316 g/mol. The second kappa shape index (κ2) is 5.20. The molecule has 1 aromatic carbocycles. The fourth-order valence-electron chi connectivity index (χ4n) is 2.43. The summed E-state index contributed by atoms with van der Waals surface area (Å²) in [6.45, 7) is 0. The van der Waals surface area contributed by atoms with Crippen LogP contribution in [0.25, 0.3) is 16.5 Å². The number of fused-ring (bicyclic) bond motifs is 1. The maximum absolute atomic E-state index is 12.2. The number of aromatic hydroxyl groups is 3. The molecule has 1 aliphatic rings. The van der Waals surface area contributed by atoms with Crippen LogP contribution in [0.3, 0.4) is 0 Å². The summed E-state index contributed by atoms with van der Waals surface area (Å²) < 4.78 is 10.3. The number of carbonyl (C=O) groups excluding carboxylic acids is 1. The van der Waals surface area contributed by atoms with Crippen molar-refractivity contribution in [3.05, 3.63) is 46.0 Å². The van der Waals surface area contributed by atoms with Crippen molar-refractivity contribution >= 4 is 22.3 Å². The number of carbonyl (C=O) groups is 1. The summed E-state index contributed by atoms with van der Waals surface area (Å²) >= 11 is 0. The van der Waals surface area contributed by atoms with Gasteiger partial charge < -0.3 is 24.5 Å². The molecule has 2 aromatic rings. The zero-order valence-corrected chi connectivity index (χ0v) is 12.0. The van der Waals surface area contributed by atoms with E-state index in [0.29, 0.717) is 0 Å². The fourth-order valence-corrected chi connectivity index (χ4v) is 2.43. The van der Waals surface area contributed by atoms with E-state index in [0.717, 1.165) is 12.1 Å². The Labute approximate surface area is 129 Å². The highest BCUT2D eigenvalue weighted by atomic mass is 16.5. The van der Waals surface area contributed by atoms with E-state index in [1.54, 1.807) is 0 Å². The van der Waals surface area contributed by atoms with Crippen LogP contribution in [0.5, 0.6) is 17.2 Å². The predicted molar refractivity (Wildman–Crippen MR) is 80.2 cm³/mol. The first-order valence-corrected chi connectivity index (χ1v) is 6.63. The number of benzene rings is 1. The molecule has 0 atom stereocenters. The van der Waals surface area contributed by atoms with Gasteiger partial charge in [-0.3, -0.25) is 9.59 Å². The number of ether oxygens (including phenoxy) is 1. The number of methoxy groups -OCH3 is 1. The van der Waals surface area contributed by atoms with Gasteiger partial charge in [-0.25, -0.2) is 0 Å². The van der Waals surface area contributed by atoms with Crippen molar-refractivity contribution in [3.63, 3.8) is 0 Å². The molecular weight excluding hydrogens is 304 g/mol. The van der Waals surface area contributed by atoms with Crippen molar-refractivity contribution in [2.75, 3.05) is 7.11 Å². The van der Waals surface area contributed by atoms with Gasteiger partial charge in [-0.1, -0.05) is 0 Å². The molecule has 0 saturated carbocycles. The Morgan fingerprint density at radius 1 is 1.17 bits per heavy atom. The van der Waals surface area contributed by atoms with Crippen molar-refractivity contribution in [1.82, 2.24) is 0 Å². The maximum atomic E-state index is 12.2. The maximum Gasteiger partial charge on any atom is 0.238 e.